The van der Waals surface area contributed by atoms with E-state index < -0.39 is 0 Å². The molecule has 0 atom stereocenters. The monoisotopic (exact) mass is 332 g/mol. The predicted octanol–water partition coefficient (Wildman–Crippen LogP) is 3.63. The minimum Gasteiger partial charge on any atom is -0.399 e. The Morgan fingerprint density at radius 3 is 2.50 bits per heavy atom. The van der Waals surface area contributed by atoms with Crippen LogP contribution in [0.1, 0.15) is 12.5 Å². The van der Waals surface area contributed by atoms with Crippen LogP contribution in [-0.4, -0.2) is 12.5 Å². The van der Waals surface area contributed by atoms with Crippen LogP contribution in [0.25, 0.3) is 0 Å². The summed E-state index contributed by atoms with van der Waals surface area (Å²) >= 11 is 3.39. The number of hydrogen-bond acceptors (Lipinski definition) is 2. The highest BCUT2D eigenvalue weighted by atomic mass is 79.9. The smallest absolute Gasteiger partial charge is 0.231 e. The van der Waals surface area contributed by atoms with E-state index in [1.54, 1.807) is 4.90 Å². The molecular weight excluding hydrogens is 316 g/mol. The number of carbonyl (C=O) groups excluding carboxylic acids is 1. The maximum Gasteiger partial charge on any atom is 0.231 e. The molecule has 0 spiro atoms. The number of anilines is 2. The molecule has 3 nitrogen and oxygen atoms in total. The van der Waals surface area contributed by atoms with E-state index in [4.69, 9.17) is 5.73 Å². The molecule has 0 aliphatic heterocycles. The van der Waals surface area contributed by atoms with E-state index >= 15 is 0 Å². The molecule has 0 unspecified atom stereocenters. The normalized spacial score (nSPS) is 10.3. The fourth-order valence-electron chi connectivity index (χ4n) is 2.07. The molecule has 20 heavy (non-hydrogen) atoms. The van der Waals surface area contributed by atoms with Crippen LogP contribution in [0.15, 0.2) is 53.0 Å². The SMILES string of the molecule is CCN(C(=O)Cc1ccc(Br)cc1)c1cccc(N)c1. The van der Waals surface area contributed by atoms with Crippen molar-refractivity contribution in [1.82, 2.24) is 0 Å². The number of carbonyl (C=O) groups is 1. The third-order valence-corrected chi connectivity index (χ3v) is 3.60. The molecule has 0 saturated carbocycles. The number of nitrogen functional groups attached to an aromatic ring is 1. The quantitative estimate of drug-likeness (QED) is 0.869. The lowest BCUT2D eigenvalue weighted by Crippen LogP contribution is -2.32. The van der Waals surface area contributed by atoms with E-state index in [0.29, 0.717) is 18.7 Å². The average molecular weight is 333 g/mol. The van der Waals surface area contributed by atoms with Crippen molar-refractivity contribution in [2.45, 2.75) is 13.3 Å². The second kappa shape index (κ2) is 6.57. The summed E-state index contributed by atoms with van der Waals surface area (Å²) < 4.78 is 1.01. The molecule has 2 aromatic carbocycles. The number of hydrogen-bond donors (Lipinski definition) is 1. The second-order valence-corrected chi connectivity index (χ2v) is 5.45. The number of likely N-dealkylation sites (N-methyl/N-ethyl adjacent to an activating group) is 1. The standard InChI is InChI=1S/C16H17BrN2O/c1-2-19(15-5-3-4-14(18)11-15)16(20)10-12-6-8-13(17)9-7-12/h3-9,11H,2,10,18H2,1H3. The molecule has 2 aromatic rings. The zero-order valence-electron chi connectivity index (χ0n) is 11.3. The first-order valence-corrected chi connectivity index (χ1v) is 7.30. The van der Waals surface area contributed by atoms with Crippen LogP contribution in [0.5, 0.6) is 0 Å². The second-order valence-electron chi connectivity index (χ2n) is 4.54. The Kier molecular flexibility index (Phi) is 4.79. The third-order valence-electron chi connectivity index (χ3n) is 3.07. The van der Waals surface area contributed by atoms with Crippen molar-refractivity contribution in [2.75, 3.05) is 17.2 Å². The van der Waals surface area contributed by atoms with E-state index in [1.807, 2.05) is 55.5 Å². The van der Waals surface area contributed by atoms with Gasteiger partial charge in [-0.3, -0.25) is 4.79 Å². The molecule has 2 N–H and O–H groups in total. The molecule has 0 fully saturated rings. The summed E-state index contributed by atoms with van der Waals surface area (Å²) in [6.07, 6.45) is 0.385. The minimum absolute atomic E-state index is 0.0698. The first-order chi connectivity index (χ1) is 9.60. The molecule has 104 valence electrons. The number of rotatable bonds is 4. The van der Waals surface area contributed by atoms with Gasteiger partial charge in [0.25, 0.3) is 0 Å². The van der Waals surface area contributed by atoms with E-state index in [2.05, 4.69) is 15.9 Å². The van der Waals surface area contributed by atoms with Crippen LogP contribution in [-0.2, 0) is 11.2 Å². The highest BCUT2D eigenvalue weighted by Gasteiger charge is 2.14. The van der Waals surface area contributed by atoms with Crippen LogP contribution in [0.3, 0.4) is 0 Å². The van der Waals surface area contributed by atoms with Gasteiger partial charge < -0.3 is 10.6 Å². The summed E-state index contributed by atoms with van der Waals surface area (Å²) in [6, 6.07) is 15.2. The van der Waals surface area contributed by atoms with Gasteiger partial charge in [0, 0.05) is 22.4 Å². The van der Waals surface area contributed by atoms with Crippen LogP contribution in [0.4, 0.5) is 11.4 Å². The van der Waals surface area contributed by atoms with Gasteiger partial charge in [0.15, 0.2) is 0 Å². The minimum atomic E-state index is 0.0698. The number of amides is 1. The molecule has 0 aliphatic rings. The van der Waals surface area contributed by atoms with Crippen molar-refractivity contribution in [2.24, 2.45) is 0 Å². The van der Waals surface area contributed by atoms with Gasteiger partial charge in [-0.1, -0.05) is 34.1 Å². The Hall–Kier alpha value is -1.81. The van der Waals surface area contributed by atoms with Crippen molar-refractivity contribution in [3.8, 4) is 0 Å². The Balaban J connectivity index is 2.15. The summed E-state index contributed by atoms with van der Waals surface area (Å²) in [5, 5.41) is 0. The number of benzene rings is 2. The van der Waals surface area contributed by atoms with Gasteiger partial charge in [0.2, 0.25) is 5.91 Å². The lowest BCUT2D eigenvalue weighted by Gasteiger charge is -2.21. The molecule has 0 heterocycles. The first-order valence-electron chi connectivity index (χ1n) is 6.50. The Labute approximate surface area is 127 Å². The van der Waals surface area contributed by atoms with Gasteiger partial charge in [-0.25, -0.2) is 0 Å². The molecular formula is C16H17BrN2O. The predicted molar refractivity (Wildman–Crippen MR) is 86.7 cm³/mol. The van der Waals surface area contributed by atoms with Crippen LogP contribution in [0, 0.1) is 0 Å². The lowest BCUT2D eigenvalue weighted by atomic mass is 10.1. The fraction of sp³-hybridized carbons (Fsp3) is 0.188. The number of nitrogens with zero attached hydrogens (tertiary/aromatic N) is 1. The molecule has 0 aromatic heterocycles. The van der Waals surface area contributed by atoms with Crippen LogP contribution >= 0.6 is 15.9 Å². The summed E-state index contributed by atoms with van der Waals surface area (Å²) in [5.41, 5.74) is 8.28. The average Bonchev–Trinajstić information content (AvgIpc) is 2.42. The highest BCUT2D eigenvalue weighted by molar-refractivity contribution is 9.10. The van der Waals surface area contributed by atoms with Crippen molar-refractivity contribution in [3.63, 3.8) is 0 Å². The van der Waals surface area contributed by atoms with Gasteiger partial charge in [-0.2, -0.15) is 0 Å². The molecule has 0 bridgehead atoms. The van der Waals surface area contributed by atoms with Gasteiger partial charge >= 0.3 is 0 Å². The summed E-state index contributed by atoms with van der Waals surface area (Å²) in [4.78, 5) is 14.2. The van der Waals surface area contributed by atoms with Crippen molar-refractivity contribution < 1.29 is 4.79 Å². The summed E-state index contributed by atoms with van der Waals surface area (Å²) in [5.74, 6) is 0.0698. The first kappa shape index (κ1) is 14.6. The summed E-state index contributed by atoms with van der Waals surface area (Å²) in [6.45, 7) is 2.58. The van der Waals surface area contributed by atoms with E-state index in [0.717, 1.165) is 15.7 Å². The maximum absolute atomic E-state index is 12.4. The topological polar surface area (TPSA) is 46.3 Å². The third kappa shape index (κ3) is 3.61. The zero-order valence-corrected chi connectivity index (χ0v) is 12.9. The van der Waals surface area contributed by atoms with Crippen LogP contribution < -0.4 is 10.6 Å². The Morgan fingerprint density at radius 1 is 1.20 bits per heavy atom. The van der Waals surface area contributed by atoms with Crippen LogP contribution in [0.2, 0.25) is 0 Å². The van der Waals surface area contributed by atoms with Gasteiger partial charge in [0.1, 0.15) is 0 Å². The van der Waals surface area contributed by atoms with E-state index in [1.165, 1.54) is 0 Å². The van der Waals surface area contributed by atoms with Crippen molar-refractivity contribution in [1.29, 1.82) is 0 Å². The summed E-state index contributed by atoms with van der Waals surface area (Å²) in [7, 11) is 0. The molecule has 4 heteroatoms. The van der Waals surface area contributed by atoms with E-state index in [-0.39, 0.29) is 5.91 Å². The Morgan fingerprint density at radius 2 is 1.90 bits per heavy atom. The molecule has 0 aliphatic carbocycles. The van der Waals surface area contributed by atoms with Gasteiger partial charge in [-0.05, 0) is 42.8 Å². The fourth-order valence-corrected chi connectivity index (χ4v) is 2.33. The molecule has 0 radical (unpaired) electrons. The number of halogens is 1. The Bertz CT molecular complexity index is 596. The lowest BCUT2D eigenvalue weighted by molar-refractivity contribution is -0.117. The van der Waals surface area contributed by atoms with E-state index in [9.17, 15) is 4.79 Å². The largest absolute Gasteiger partial charge is 0.399 e. The molecule has 1 amide bonds. The highest BCUT2D eigenvalue weighted by Crippen LogP contribution is 2.19. The maximum atomic E-state index is 12.4. The molecule has 2 rings (SSSR count). The zero-order chi connectivity index (χ0) is 14.5. The van der Waals surface area contributed by atoms with Crippen molar-refractivity contribution in [3.05, 3.63) is 58.6 Å². The number of nitrogens with two attached hydrogens (primary N) is 1. The van der Waals surface area contributed by atoms with Gasteiger partial charge in [0.05, 0.1) is 6.42 Å². The molecule has 0 saturated heterocycles. The van der Waals surface area contributed by atoms with Crippen molar-refractivity contribution >= 4 is 33.2 Å². The van der Waals surface area contributed by atoms with Gasteiger partial charge in [-0.15, -0.1) is 0 Å².